The highest BCUT2D eigenvalue weighted by molar-refractivity contribution is 7.14. The molecule has 6 heteroatoms. The zero-order valence-corrected chi connectivity index (χ0v) is 14.5. The molecule has 0 unspecified atom stereocenters. The van der Waals surface area contributed by atoms with E-state index in [0.29, 0.717) is 5.92 Å². The van der Waals surface area contributed by atoms with Crippen molar-refractivity contribution in [3.63, 3.8) is 0 Å². The van der Waals surface area contributed by atoms with E-state index in [-0.39, 0.29) is 18.3 Å². The Morgan fingerprint density at radius 3 is 2.76 bits per heavy atom. The highest BCUT2D eigenvalue weighted by Gasteiger charge is 2.13. The molecule has 120 valence electrons. The average Bonchev–Trinajstić information content (AvgIpc) is 2.88. The molecule has 0 aliphatic carbocycles. The van der Waals surface area contributed by atoms with E-state index >= 15 is 0 Å². The molecule has 1 aromatic heterocycles. The molecule has 0 bridgehead atoms. The summed E-state index contributed by atoms with van der Waals surface area (Å²) in [6.45, 7) is 10.4. The van der Waals surface area contributed by atoms with Crippen LogP contribution in [0.3, 0.4) is 0 Å². The van der Waals surface area contributed by atoms with Crippen LogP contribution in [0.15, 0.2) is 12.1 Å². The van der Waals surface area contributed by atoms with Crippen LogP contribution >= 0.6 is 23.7 Å². The molecule has 1 aliphatic heterocycles. The van der Waals surface area contributed by atoms with Gasteiger partial charge in [0.05, 0.1) is 4.88 Å². The quantitative estimate of drug-likeness (QED) is 0.841. The molecule has 0 aromatic carbocycles. The maximum atomic E-state index is 12.0. The molecule has 2 N–H and O–H groups in total. The molecule has 0 saturated carbocycles. The van der Waals surface area contributed by atoms with Crippen molar-refractivity contribution in [2.24, 2.45) is 5.92 Å². The number of hydrogen-bond acceptors (Lipinski definition) is 4. The van der Waals surface area contributed by atoms with Crippen LogP contribution in [0.1, 0.15) is 34.8 Å². The van der Waals surface area contributed by atoms with Crippen LogP contribution in [0, 0.1) is 5.92 Å². The van der Waals surface area contributed by atoms with Gasteiger partial charge in [0.2, 0.25) is 0 Å². The molecule has 21 heavy (non-hydrogen) atoms. The Hall–Kier alpha value is -0.620. The highest BCUT2D eigenvalue weighted by atomic mass is 35.5. The lowest BCUT2D eigenvalue weighted by atomic mass is 10.1. The third kappa shape index (κ3) is 6.34. The van der Waals surface area contributed by atoms with Gasteiger partial charge in [0, 0.05) is 44.1 Å². The topological polar surface area (TPSA) is 44.4 Å². The van der Waals surface area contributed by atoms with E-state index in [1.54, 1.807) is 11.3 Å². The fraction of sp³-hybridized carbons (Fsp3) is 0.667. The Balaban J connectivity index is 0.00000220. The molecule has 4 nitrogen and oxygen atoms in total. The van der Waals surface area contributed by atoms with Crippen molar-refractivity contribution < 1.29 is 4.79 Å². The Bertz CT molecular complexity index is 430. The lowest BCUT2D eigenvalue weighted by Crippen LogP contribution is -2.42. The van der Waals surface area contributed by atoms with Gasteiger partial charge < -0.3 is 10.6 Å². The number of carbonyl (C=O) groups is 1. The van der Waals surface area contributed by atoms with Gasteiger partial charge in [-0.05, 0) is 24.5 Å². The fourth-order valence-electron chi connectivity index (χ4n) is 2.24. The first-order valence-electron chi connectivity index (χ1n) is 7.45. The summed E-state index contributed by atoms with van der Waals surface area (Å²) in [6.07, 6.45) is 1.03. The van der Waals surface area contributed by atoms with E-state index in [9.17, 15) is 4.79 Å². The van der Waals surface area contributed by atoms with Crippen LogP contribution in [0.4, 0.5) is 0 Å². The Morgan fingerprint density at radius 2 is 2.10 bits per heavy atom. The summed E-state index contributed by atoms with van der Waals surface area (Å²) < 4.78 is 0. The van der Waals surface area contributed by atoms with Crippen molar-refractivity contribution in [2.45, 2.75) is 26.8 Å². The fourth-order valence-corrected chi connectivity index (χ4v) is 3.20. The predicted octanol–water partition coefficient (Wildman–Crippen LogP) is 2.35. The number of amides is 1. The van der Waals surface area contributed by atoms with Gasteiger partial charge in [0.25, 0.3) is 5.91 Å². The minimum absolute atomic E-state index is 0. The standard InChI is InChI=1S/C15H25N3OS.ClH/c1-12(2)5-6-17-15(19)14-4-3-13(20-14)11-18-9-7-16-8-10-18;/h3-4,12,16H,5-11H2,1-2H3,(H,17,19);1H. The first-order chi connectivity index (χ1) is 9.65. The van der Waals surface area contributed by atoms with E-state index in [1.807, 2.05) is 6.07 Å². The molecule has 1 aliphatic rings. The number of carbonyl (C=O) groups excluding carboxylic acids is 1. The number of nitrogens with one attached hydrogen (secondary N) is 2. The molecule has 1 fully saturated rings. The number of hydrogen-bond donors (Lipinski definition) is 2. The molecule has 1 saturated heterocycles. The summed E-state index contributed by atoms with van der Waals surface area (Å²) in [7, 11) is 0. The number of rotatable bonds is 6. The summed E-state index contributed by atoms with van der Waals surface area (Å²) in [4.78, 5) is 16.6. The summed E-state index contributed by atoms with van der Waals surface area (Å²) in [5, 5.41) is 6.35. The lowest BCUT2D eigenvalue weighted by molar-refractivity contribution is 0.0956. The molecule has 1 amide bonds. The van der Waals surface area contributed by atoms with E-state index in [1.165, 1.54) is 4.88 Å². The van der Waals surface area contributed by atoms with Gasteiger partial charge in [-0.3, -0.25) is 9.69 Å². The van der Waals surface area contributed by atoms with Crippen molar-refractivity contribution in [3.8, 4) is 0 Å². The predicted molar refractivity (Wildman–Crippen MR) is 91.5 cm³/mol. The molecule has 0 radical (unpaired) electrons. The second-order valence-corrected chi connectivity index (χ2v) is 6.90. The minimum Gasteiger partial charge on any atom is -0.351 e. The van der Waals surface area contributed by atoms with E-state index in [0.717, 1.165) is 50.6 Å². The first kappa shape index (κ1) is 18.4. The van der Waals surface area contributed by atoms with Crippen molar-refractivity contribution in [2.75, 3.05) is 32.7 Å². The molecular formula is C15H26ClN3OS. The second-order valence-electron chi connectivity index (χ2n) is 5.73. The molecule has 0 spiro atoms. The zero-order chi connectivity index (χ0) is 14.4. The molecule has 2 heterocycles. The van der Waals surface area contributed by atoms with Crippen molar-refractivity contribution >= 4 is 29.7 Å². The maximum Gasteiger partial charge on any atom is 0.261 e. The average molecular weight is 332 g/mol. The van der Waals surface area contributed by atoms with E-state index < -0.39 is 0 Å². The lowest BCUT2D eigenvalue weighted by Gasteiger charge is -2.26. The second kappa shape index (κ2) is 9.41. The number of piperazine rings is 1. The molecule has 0 atom stereocenters. The summed E-state index contributed by atoms with van der Waals surface area (Å²) >= 11 is 1.62. The van der Waals surface area contributed by atoms with Gasteiger partial charge in [-0.15, -0.1) is 23.7 Å². The van der Waals surface area contributed by atoms with Gasteiger partial charge in [-0.1, -0.05) is 13.8 Å². The van der Waals surface area contributed by atoms with Gasteiger partial charge in [0.1, 0.15) is 0 Å². The third-order valence-electron chi connectivity index (χ3n) is 3.48. The van der Waals surface area contributed by atoms with E-state index in [4.69, 9.17) is 0 Å². The van der Waals surface area contributed by atoms with E-state index in [2.05, 4.69) is 35.4 Å². The molecule has 1 aromatic rings. The van der Waals surface area contributed by atoms with Gasteiger partial charge in [-0.25, -0.2) is 0 Å². The molecular weight excluding hydrogens is 306 g/mol. The van der Waals surface area contributed by atoms with Crippen molar-refractivity contribution in [1.29, 1.82) is 0 Å². The van der Waals surface area contributed by atoms with Crippen molar-refractivity contribution in [1.82, 2.24) is 15.5 Å². The van der Waals surface area contributed by atoms with Gasteiger partial charge >= 0.3 is 0 Å². The maximum absolute atomic E-state index is 12.0. The SMILES string of the molecule is CC(C)CCNC(=O)c1ccc(CN2CCNCC2)s1.Cl. The van der Waals surface area contributed by atoms with Crippen LogP contribution in [-0.2, 0) is 6.54 Å². The van der Waals surface area contributed by atoms with Crippen LogP contribution < -0.4 is 10.6 Å². The van der Waals surface area contributed by atoms with Crippen LogP contribution in [-0.4, -0.2) is 43.5 Å². The normalized spacial score (nSPS) is 15.8. The molecule has 2 rings (SSSR count). The van der Waals surface area contributed by atoms with Crippen LogP contribution in [0.5, 0.6) is 0 Å². The zero-order valence-electron chi connectivity index (χ0n) is 12.9. The number of halogens is 1. The van der Waals surface area contributed by atoms with Gasteiger partial charge in [0.15, 0.2) is 0 Å². The van der Waals surface area contributed by atoms with Gasteiger partial charge in [-0.2, -0.15) is 0 Å². The Labute approximate surface area is 137 Å². The summed E-state index contributed by atoms with van der Waals surface area (Å²) in [5.41, 5.74) is 0. The summed E-state index contributed by atoms with van der Waals surface area (Å²) in [5.74, 6) is 0.698. The number of thiophene rings is 1. The smallest absolute Gasteiger partial charge is 0.261 e. The Kier molecular flexibility index (Phi) is 8.26. The largest absolute Gasteiger partial charge is 0.351 e. The minimum atomic E-state index is 0. The van der Waals surface area contributed by atoms with Crippen LogP contribution in [0.2, 0.25) is 0 Å². The number of nitrogens with zero attached hydrogens (tertiary/aromatic N) is 1. The van der Waals surface area contributed by atoms with Crippen LogP contribution in [0.25, 0.3) is 0 Å². The summed E-state index contributed by atoms with van der Waals surface area (Å²) in [6, 6.07) is 4.04. The first-order valence-corrected chi connectivity index (χ1v) is 8.27. The van der Waals surface area contributed by atoms with Crippen molar-refractivity contribution in [3.05, 3.63) is 21.9 Å². The third-order valence-corrected chi connectivity index (χ3v) is 4.55. The highest BCUT2D eigenvalue weighted by Crippen LogP contribution is 2.18. The monoisotopic (exact) mass is 331 g/mol. The Morgan fingerprint density at radius 1 is 1.38 bits per heavy atom.